The van der Waals surface area contributed by atoms with Crippen LogP contribution in [0.3, 0.4) is 0 Å². The van der Waals surface area contributed by atoms with Gasteiger partial charge in [0.1, 0.15) is 11.5 Å². The van der Waals surface area contributed by atoms with Gasteiger partial charge in [0.2, 0.25) is 0 Å². The molecule has 0 spiro atoms. The van der Waals surface area contributed by atoms with Crippen molar-refractivity contribution in [2.75, 3.05) is 0 Å². The summed E-state index contributed by atoms with van der Waals surface area (Å²) in [5, 5.41) is 25.2. The average Bonchev–Trinajstić information content (AvgIpc) is 2.95. The van der Waals surface area contributed by atoms with E-state index in [-0.39, 0.29) is 16.6 Å². The molecule has 4 nitrogen and oxygen atoms in total. The molecule has 0 saturated carbocycles. The number of hydrogen-bond acceptors (Lipinski definition) is 3. The van der Waals surface area contributed by atoms with E-state index in [1.807, 2.05) is 23.9 Å². The van der Waals surface area contributed by atoms with E-state index in [2.05, 4.69) is 64.8 Å². The first-order valence-electron chi connectivity index (χ1n) is 9.60. The lowest BCUT2D eigenvalue weighted by atomic mass is 9.78. The van der Waals surface area contributed by atoms with Crippen molar-refractivity contribution in [3.63, 3.8) is 0 Å². The molecule has 1 heterocycles. The minimum Gasteiger partial charge on any atom is -0.508 e. The maximum atomic E-state index is 11.0. The second-order valence-electron chi connectivity index (χ2n) is 9.51. The number of aromatic hydroxyl groups is 2. The van der Waals surface area contributed by atoms with E-state index in [1.165, 1.54) is 0 Å². The summed E-state index contributed by atoms with van der Waals surface area (Å²) < 4.78 is 1.87. The van der Waals surface area contributed by atoms with Gasteiger partial charge in [0.15, 0.2) is 0 Å². The van der Waals surface area contributed by atoms with Gasteiger partial charge in [-0.25, -0.2) is 0 Å². The molecule has 2 aromatic carbocycles. The van der Waals surface area contributed by atoms with Crippen LogP contribution in [0, 0.1) is 0 Å². The summed E-state index contributed by atoms with van der Waals surface area (Å²) in [6, 6.07) is 13.3. The van der Waals surface area contributed by atoms with Crippen LogP contribution in [0.25, 0.3) is 22.5 Å². The van der Waals surface area contributed by atoms with Crippen molar-refractivity contribution >= 4 is 0 Å². The van der Waals surface area contributed by atoms with Gasteiger partial charge in [-0.05, 0) is 53.3 Å². The first-order chi connectivity index (χ1) is 12.9. The Kier molecular flexibility index (Phi) is 4.78. The van der Waals surface area contributed by atoms with Gasteiger partial charge >= 0.3 is 0 Å². The fraction of sp³-hybridized carbons (Fsp3) is 0.375. The van der Waals surface area contributed by atoms with E-state index in [1.54, 1.807) is 12.1 Å². The quantitative estimate of drug-likeness (QED) is 0.596. The molecule has 0 aliphatic carbocycles. The SMILES string of the molecule is Cn1nc(-c2ccc(O)cc2)cc1-c1cc(C(C)(C)C)c(O)c(C(C)(C)C)c1. The Labute approximate surface area is 167 Å². The Morgan fingerprint density at radius 2 is 1.25 bits per heavy atom. The molecule has 3 rings (SSSR count). The third-order valence-electron chi connectivity index (χ3n) is 5.06. The highest BCUT2D eigenvalue weighted by Crippen LogP contribution is 2.42. The van der Waals surface area contributed by atoms with E-state index in [9.17, 15) is 10.2 Å². The molecule has 0 unspecified atom stereocenters. The zero-order valence-electron chi connectivity index (χ0n) is 17.8. The third-order valence-corrected chi connectivity index (χ3v) is 5.06. The van der Waals surface area contributed by atoms with E-state index in [4.69, 9.17) is 0 Å². The van der Waals surface area contributed by atoms with Crippen molar-refractivity contribution in [2.24, 2.45) is 7.05 Å². The maximum absolute atomic E-state index is 11.0. The number of rotatable bonds is 2. The summed E-state index contributed by atoms with van der Waals surface area (Å²) in [5.41, 5.74) is 5.32. The summed E-state index contributed by atoms with van der Waals surface area (Å²) in [6.07, 6.45) is 0. The molecule has 0 fully saturated rings. The highest BCUT2D eigenvalue weighted by Gasteiger charge is 2.27. The van der Waals surface area contributed by atoms with Gasteiger partial charge in [0.25, 0.3) is 0 Å². The van der Waals surface area contributed by atoms with Crippen molar-refractivity contribution in [2.45, 2.75) is 52.4 Å². The van der Waals surface area contributed by atoms with Gasteiger partial charge in [0, 0.05) is 29.3 Å². The topological polar surface area (TPSA) is 58.3 Å². The highest BCUT2D eigenvalue weighted by molar-refractivity contribution is 5.72. The second-order valence-corrected chi connectivity index (χ2v) is 9.51. The number of phenols is 2. The Bertz CT molecular complexity index is 966. The van der Waals surface area contributed by atoms with Crippen LogP contribution in [0.1, 0.15) is 52.7 Å². The second kappa shape index (κ2) is 6.69. The summed E-state index contributed by atoms with van der Waals surface area (Å²) in [7, 11) is 1.93. The van der Waals surface area contributed by atoms with Crippen molar-refractivity contribution in [1.82, 2.24) is 9.78 Å². The summed E-state index contributed by atoms with van der Waals surface area (Å²) in [5.74, 6) is 0.618. The van der Waals surface area contributed by atoms with Crippen molar-refractivity contribution in [3.05, 3.63) is 53.6 Å². The lowest BCUT2D eigenvalue weighted by Crippen LogP contribution is -2.17. The molecule has 4 heteroatoms. The molecule has 0 amide bonds. The van der Waals surface area contributed by atoms with Crippen LogP contribution >= 0.6 is 0 Å². The normalized spacial score (nSPS) is 12.4. The van der Waals surface area contributed by atoms with Crippen molar-refractivity contribution in [1.29, 1.82) is 0 Å². The number of phenolic OH excluding ortho intramolecular Hbond substituents is 2. The minimum atomic E-state index is -0.182. The van der Waals surface area contributed by atoms with Gasteiger partial charge in [-0.1, -0.05) is 41.5 Å². The van der Waals surface area contributed by atoms with Crippen LogP contribution in [-0.4, -0.2) is 20.0 Å². The molecule has 28 heavy (non-hydrogen) atoms. The number of aromatic nitrogens is 2. The summed E-state index contributed by atoms with van der Waals surface area (Å²) >= 11 is 0. The number of hydrogen-bond donors (Lipinski definition) is 2. The fourth-order valence-corrected chi connectivity index (χ4v) is 3.44. The molecular weight excluding hydrogens is 348 g/mol. The molecule has 0 radical (unpaired) electrons. The molecule has 0 saturated heterocycles. The van der Waals surface area contributed by atoms with Gasteiger partial charge in [-0.15, -0.1) is 0 Å². The number of nitrogens with zero attached hydrogens (tertiary/aromatic N) is 2. The highest BCUT2D eigenvalue weighted by atomic mass is 16.3. The smallest absolute Gasteiger partial charge is 0.123 e. The standard InChI is InChI=1S/C24H30N2O2/c1-23(2,3)18-12-16(13-19(22(18)28)24(4,5)6)21-14-20(25-26(21)7)15-8-10-17(27)11-9-15/h8-14,27-28H,1-7H3. The lowest BCUT2D eigenvalue weighted by molar-refractivity contribution is 0.423. The van der Waals surface area contributed by atoms with E-state index in [0.29, 0.717) is 5.75 Å². The molecule has 148 valence electrons. The average molecular weight is 379 g/mol. The Morgan fingerprint density at radius 3 is 1.71 bits per heavy atom. The predicted molar refractivity (Wildman–Crippen MR) is 115 cm³/mol. The van der Waals surface area contributed by atoms with Crippen LogP contribution in [0.2, 0.25) is 0 Å². The molecule has 3 aromatic rings. The Balaban J connectivity index is 2.20. The number of aryl methyl sites for hydroxylation is 1. The molecule has 0 aliphatic heterocycles. The van der Waals surface area contributed by atoms with Crippen LogP contribution in [0.15, 0.2) is 42.5 Å². The molecule has 0 aliphatic rings. The van der Waals surface area contributed by atoms with E-state index >= 15 is 0 Å². The van der Waals surface area contributed by atoms with Gasteiger partial charge < -0.3 is 10.2 Å². The molecule has 0 atom stereocenters. The van der Waals surface area contributed by atoms with Crippen LogP contribution < -0.4 is 0 Å². The lowest BCUT2D eigenvalue weighted by Gasteiger charge is -2.28. The summed E-state index contributed by atoms with van der Waals surface area (Å²) in [6.45, 7) is 12.7. The zero-order valence-corrected chi connectivity index (χ0v) is 17.8. The minimum absolute atomic E-state index is 0.182. The molecule has 0 bridgehead atoms. The van der Waals surface area contributed by atoms with Crippen molar-refractivity contribution in [3.8, 4) is 34.0 Å². The van der Waals surface area contributed by atoms with Crippen LogP contribution in [0.4, 0.5) is 0 Å². The Hall–Kier alpha value is -2.75. The summed E-state index contributed by atoms with van der Waals surface area (Å²) in [4.78, 5) is 0. The van der Waals surface area contributed by atoms with E-state index < -0.39 is 0 Å². The first-order valence-corrected chi connectivity index (χ1v) is 9.60. The van der Waals surface area contributed by atoms with Gasteiger partial charge in [-0.2, -0.15) is 5.10 Å². The first kappa shape index (κ1) is 20.0. The molecule has 2 N–H and O–H groups in total. The molecular formula is C24H30N2O2. The zero-order chi connectivity index (χ0) is 20.9. The fourth-order valence-electron chi connectivity index (χ4n) is 3.44. The van der Waals surface area contributed by atoms with E-state index in [0.717, 1.165) is 33.6 Å². The third kappa shape index (κ3) is 3.77. The van der Waals surface area contributed by atoms with Gasteiger partial charge in [-0.3, -0.25) is 4.68 Å². The molecule has 1 aromatic heterocycles. The number of benzene rings is 2. The van der Waals surface area contributed by atoms with Crippen molar-refractivity contribution < 1.29 is 10.2 Å². The monoisotopic (exact) mass is 378 g/mol. The van der Waals surface area contributed by atoms with Crippen LogP contribution in [0.5, 0.6) is 11.5 Å². The van der Waals surface area contributed by atoms with Crippen LogP contribution in [-0.2, 0) is 17.9 Å². The largest absolute Gasteiger partial charge is 0.508 e. The van der Waals surface area contributed by atoms with Gasteiger partial charge in [0.05, 0.1) is 11.4 Å². The Morgan fingerprint density at radius 1 is 0.750 bits per heavy atom. The predicted octanol–water partition coefficient (Wildman–Crippen LogP) is 5.76. The maximum Gasteiger partial charge on any atom is 0.123 e.